The van der Waals surface area contributed by atoms with Gasteiger partial charge in [-0.25, -0.2) is 9.07 Å². The summed E-state index contributed by atoms with van der Waals surface area (Å²) in [6.07, 6.45) is 1.000. The standard InChI is InChI=1S/C14H17FN4O.ClH/c1-10-9-13(17-14(20)3-2-8-16)19(18-10)12-6-4-11(15)5-7-12;/h4-7,9H,2-3,8,16H2,1H3,(H,17,20);1H. The summed E-state index contributed by atoms with van der Waals surface area (Å²) in [4.78, 5) is 11.8. The Hall–Kier alpha value is -1.92. The average Bonchev–Trinajstić information content (AvgIpc) is 2.78. The van der Waals surface area contributed by atoms with Crippen molar-refractivity contribution in [1.29, 1.82) is 0 Å². The molecule has 2 aromatic rings. The van der Waals surface area contributed by atoms with Crippen LogP contribution in [0.4, 0.5) is 10.2 Å². The summed E-state index contributed by atoms with van der Waals surface area (Å²) in [6, 6.07) is 7.69. The minimum Gasteiger partial charge on any atom is -0.330 e. The first-order chi connectivity index (χ1) is 9.60. The van der Waals surface area contributed by atoms with E-state index in [4.69, 9.17) is 5.73 Å². The number of halogens is 2. The molecule has 21 heavy (non-hydrogen) atoms. The van der Waals surface area contributed by atoms with Crippen LogP contribution in [0.25, 0.3) is 5.69 Å². The Bertz CT molecular complexity index is 598. The number of hydrogen-bond donors (Lipinski definition) is 2. The van der Waals surface area contributed by atoms with Gasteiger partial charge in [-0.15, -0.1) is 12.4 Å². The lowest BCUT2D eigenvalue weighted by molar-refractivity contribution is -0.116. The Balaban J connectivity index is 0.00000220. The lowest BCUT2D eigenvalue weighted by Gasteiger charge is -2.08. The summed E-state index contributed by atoms with van der Waals surface area (Å²) in [5.74, 6) is 0.140. The lowest BCUT2D eigenvalue weighted by Crippen LogP contribution is -2.16. The summed E-state index contributed by atoms with van der Waals surface area (Å²) in [5.41, 5.74) is 6.83. The fourth-order valence-corrected chi connectivity index (χ4v) is 1.84. The number of aryl methyl sites for hydroxylation is 1. The average molecular weight is 313 g/mol. The van der Waals surface area contributed by atoms with E-state index in [0.717, 1.165) is 5.69 Å². The topological polar surface area (TPSA) is 72.9 Å². The van der Waals surface area contributed by atoms with E-state index in [1.54, 1.807) is 22.9 Å². The molecule has 1 amide bonds. The monoisotopic (exact) mass is 312 g/mol. The molecule has 0 aliphatic heterocycles. The Labute approximate surface area is 128 Å². The summed E-state index contributed by atoms with van der Waals surface area (Å²) in [5, 5.41) is 7.09. The van der Waals surface area contributed by atoms with E-state index >= 15 is 0 Å². The van der Waals surface area contributed by atoms with E-state index in [9.17, 15) is 9.18 Å². The number of rotatable bonds is 5. The minimum atomic E-state index is -0.314. The number of aromatic nitrogens is 2. The number of hydrogen-bond acceptors (Lipinski definition) is 3. The molecule has 0 aliphatic carbocycles. The first kappa shape index (κ1) is 17.1. The van der Waals surface area contributed by atoms with Crippen LogP contribution in [0.5, 0.6) is 0 Å². The predicted molar refractivity (Wildman–Crippen MR) is 82.4 cm³/mol. The maximum atomic E-state index is 12.9. The Morgan fingerprint density at radius 2 is 2.05 bits per heavy atom. The second-order valence-electron chi connectivity index (χ2n) is 4.50. The van der Waals surface area contributed by atoms with Crippen molar-refractivity contribution < 1.29 is 9.18 Å². The van der Waals surface area contributed by atoms with Gasteiger partial charge < -0.3 is 11.1 Å². The number of anilines is 1. The first-order valence-corrected chi connectivity index (χ1v) is 6.42. The molecule has 5 nitrogen and oxygen atoms in total. The smallest absolute Gasteiger partial charge is 0.225 e. The van der Waals surface area contributed by atoms with Crippen LogP contribution in [0.3, 0.4) is 0 Å². The zero-order valence-electron chi connectivity index (χ0n) is 11.7. The van der Waals surface area contributed by atoms with E-state index in [0.29, 0.717) is 30.9 Å². The molecule has 3 N–H and O–H groups in total. The fourth-order valence-electron chi connectivity index (χ4n) is 1.84. The third-order valence-electron chi connectivity index (χ3n) is 2.78. The quantitative estimate of drug-likeness (QED) is 0.890. The van der Waals surface area contributed by atoms with Crippen molar-refractivity contribution in [3.05, 3.63) is 41.8 Å². The first-order valence-electron chi connectivity index (χ1n) is 6.42. The molecule has 0 unspecified atom stereocenters. The summed E-state index contributed by atoms with van der Waals surface area (Å²) < 4.78 is 14.5. The highest BCUT2D eigenvalue weighted by Gasteiger charge is 2.10. The van der Waals surface area contributed by atoms with Crippen molar-refractivity contribution >= 4 is 24.1 Å². The van der Waals surface area contributed by atoms with Gasteiger partial charge in [0.25, 0.3) is 0 Å². The number of carbonyl (C=O) groups is 1. The Morgan fingerprint density at radius 1 is 1.38 bits per heavy atom. The Morgan fingerprint density at radius 3 is 2.67 bits per heavy atom. The van der Waals surface area contributed by atoms with Gasteiger partial charge >= 0.3 is 0 Å². The van der Waals surface area contributed by atoms with Gasteiger partial charge in [0.05, 0.1) is 11.4 Å². The van der Waals surface area contributed by atoms with Crippen LogP contribution < -0.4 is 11.1 Å². The lowest BCUT2D eigenvalue weighted by atomic mass is 10.3. The van der Waals surface area contributed by atoms with Crippen LogP contribution >= 0.6 is 12.4 Å². The molecule has 0 fully saturated rings. The second-order valence-corrected chi connectivity index (χ2v) is 4.50. The molecule has 7 heteroatoms. The molecule has 0 aliphatic rings. The zero-order chi connectivity index (χ0) is 14.5. The van der Waals surface area contributed by atoms with Gasteiger partial charge in [0, 0.05) is 12.5 Å². The second kappa shape index (κ2) is 7.75. The zero-order valence-corrected chi connectivity index (χ0v) is 12.5. The largest absolute Gasteiger partial charge is 0.330 e. The molecule has 0 atom stereocenters. The van der Waals surface area contributed by atoms with Crippen LogP contribution in [-0.2, 0) is 4.79 Å². The fraction of sp³-hybridized carbons (Fsp3) is 0.286. The van der Waals surface area contributed by atoms with Crippen LogP contribution in [0.15, 0.2) is 30.3 Å². The van der Waals surface area contributed by atoms with Crippen molar-refractivity contribution in [3.8, 4) is 5.69 Å². The van der Waals surface area contributed by atoms with E-state index in [-0.39, 0.29) is 24.1 Å². The molecule has 0 radical (unpaired) electrons. The van der Waals surface area contributed by atoms with Crippen LogP contribution in [0.2, 0.25) is 0 Å². The predicted octanol–water partition coefficient (Wildman–Crippen LogP) is 2.42. The number of amides is 1. The van der Waals surface area contributed by atoms with Gasteiger partial charge in [-0.3, -0.25) is 4.79 Å². The van der Waals surface area contributed by atoms with Crippen LogP contribution in [0, 0.1) is 12.7 Å². The van der Waals surface area contributed by atoms with Crippen molar-refractivity contribution in [3.63, 3.8) is 0 Å². The molecule has 2 rings (SSSR count). The van der Waals surface area contributed by atoms with Crippen molar-refractivity contribution in [2.24, 2.45) is 5.73 Å². The number of carbonyl (C=O) groups excluding carboxylic acids is 1. The molecule has 1 heterocycles. The normalized spacial score (nSPS) is 10.0. The van der Waals surface area contributed by atoms with E-state index in [2.05, 4.69) is 10.4 Å². The van der Waals surface area contributed by atoms with Crippen LogP contribution in [0.1, 0.15) is 18.5 Å². The molecule has 1 aromatic carbocycles. The highest BCUT2D eigenvalue weighted by atomic mass is 35.5. The SMILES string of the molecule is Cc1cc(NC(=O)CCCN)n(-c2ccc(F)cc2)n1.Cl. The molecular formula is C14H18ClFN4O. The molecule has 1 aromatic heterocycles. The van der Waals surface area contributed by atoms with Gasteiger partial charge in [-0.2, -0.15) is 5.10 Å². The van der Waals surface area contributed by atoms with Crippen molar-refractivity contribution in [1.82, 2.24) is 9.78 Å². The van der Waals surface area contributed by atoms with E-state index < -0.39 is 0 Å². The Kier molecular flexibility index (Phi) is 6.33. The number of nitrogens with two attached hydrogens (primary N) is 1. The van der Waals surface area contributed by atoms with Crippen LogP contribution in [-0.4, -0.2) is 22.2 Å². The van der Waals surface area contributed by atoms with Gasteiger partial charge in [-0.1, -0.05) is 0 Å². The third kappa shape index (κ3) is 4.54. The number of benzene rings is 1. The molecular weight excluding hydrogens is 295 g/mol. The third-order valence-corrected chi connectivity index (χ3v) is 2.78. The van der Waals surface area contributed by atoms with Gasteiger partial charge in [0.2, 0.25) is 5.91 Å². The van der Waals surface area contributed by atoms with Gasteiger partial charge in [0.15, 0.2) is 0 Å². The molecule has 114 valence electrons. The highest BCUT2D eigenvalue weighted by Crippen LogP contribution is 2.17. The molecule has 0 saturated carbocycles. The molecule has 0 bridgehead atoms. The van der Waals surface area contributed by atoms with E-state index in [1.165, 1.54) is 12.1 Å². The maximum absolute atomic E-state index is 12.9. The van der Waals surface area contributed by atoms with E-state index in [1.807, 2.05) is 6.92 Å². The number of nitrogens with one attached hydrogen (secondary N) is 1. The summed E-state index contributed by atoms with van der Waals surface area (Å²) >= 11 is 0. The molecule has 0 saturated heterocycles. The van der Waals surface area contributed by atoms with Crippen molar-refractivity contribution in [2.75, 3.05) is 11.9 Å². The summed E-state index contributed by atoms with van der Waals surface area (Å²) in [6.45, 7) is 2.30. The highest BCUT2D eigenvalue weighted by molar-refractivity contribution is 5.90. The van der Waals surface area contributed by atoms with Crippen molar-refractivity contribution in [2.45, 2.75) is 19.8 Å². The number of nitrogens with zero attached hydrogens (tertiary/aromatic N) is 2. The molecule has 0 spiro atoms. The minimum absolute atomic E-state index is 0. The van der Waals surface area contributed by atoms with Gasteiger partial charge in [0.1, 0.15) is 11.6 Å². The maximum Gasteiger partial charge on any atom is 0.225 e. The summed E-state index contributed by atoms with van der Waals surface area (Å²) in [7, 11) is 0. The van der Waals surface area contributed by atoms with Gasteiger partial charge in [-0.05, 0) is 44.2 Å².